The van der Waals surface area contributed by atoms with Crippen LogP contribution in [0.1, 0.15) is 34.6 Å². The monoisotopic (exact) mass is 473 g/mol. The van der Waals surface area contributed by atoms with Crippen LogP contribution in [0, 0.1) is 12.7 Å². The number of aryl methyl sites for hydroxylation is 1. The van der Waals surface area contributed by atoms with Crippen LogP contribution in [0.2, 0.25) is 0 Å². The van der Waals surface area contributed by atoms with Gasteiger partial charge >= 0.3 is 0 Å². The normalized spacial score (nSPS) is 15.7. The van der Waals surface area contributed by atoms with Crippen molar-refractivity contribution in [2.75, 3.05) is 5.32 Å². The third-order valence-corrected chi connectivity index (χ3v) is 6.43. The summed E-state index contributed by atoms with van der Waals surface area (Å²) in [5.41, 5.74) is 3.09. The van der Waals surface area contributed by atoms with Crippen LogP contribution in [-0.4, -0.2) is 15.9 Å². The smallest absolute Gasteiger partial charge is 0.257 e. The highest BCUT2D eigenvalue weighted by molar-refractivity contribution is 9.10. The van der Waals surface area contributed by atoms with Gasteiger partial charge < -0.3 is 10.3 Å². The van der Waals surface area contributed by atoms with Crippen LogP contribution in [0.4, 0.5) is 10.2 Å². The number of nitrogens with zero attached hydrogens (tertiary/aromatic N) is 1. The van der Waals surface area contributed by atoms with Crippen LogP contribution in [0.25, 0.3) is 0 Å². The first kappa shape index (κ1) is 19.8. The summed E-state index contributed by atoms with van der Waals surface area (Å²) in [4.78, 5) is 32.4. The zero-order valence-electron chi connectivity index (χ0n) is 15.5. The second-order valence-electron chi connectivity index (χ2n) is 6.83. The summed E-state index contributed by atoms with van der Waals surface area (Å²) in [7, 11) is 0. The SMILES string of the molecule is Cc1ccccc1CSc1nc2c(c(=O)[nH]1)C(c1ccc(F)c(Br)c1)CC(=O)N2. The summed E-state index contributed by atoms with van der Waals surface area (Å²) in [6.07, 6.45) is 0.103. The summed E-state index contributed by atoms with van der Waals surface area (Å²) < 4.78 is 13.9. The van der Waals surface area contributed by atoms with Gasteiger partial charge in [-0.25, -0.2) is 9.37 Å². The standard InChI is InChI=1S/C21H17BrFN3O2S/c1-11-4-2-3-5-13(11)10-29-21-25-19-18(20(28)26-21)14(9-17(27)24-19)12-6-7-16(23)15(22)8-12/h2-8,14H,9-10H2,1H3,(H2,24,25,26,27,28). The van der Waals surface area contributed by atoms with Crippen molar-refractivity contribution < 1.29 is 9.18 Å². The molecule has 0 aliphatic carbocycles. The maximum absolute atomic E-state index is 13.6. The quantitative estimate of drug-likeness (QED) is 0.423. The first-order valence-electron chi connectivity index (χ1n) is 8.98. The van der Waals surface area contributed by atoms with Crippen molar-refractivity contribution in [1.29, 1.82) is 0 Å². The molecule has 0 radical (unpaired) electrons. The molecule has 148 valence electrons. The third kappa shape index (κ3) is 4.13. The molecule has 1 aliphatic heterocycles. The lowest BCUT2D eigenvalue weighted by atomic mass is 9.87. The summed E-state index contributed by atoms with van der Waals surface area (Å²) in [5.74, 6) is -0.193. The molecule has 1 unspecified atom stereocenters. The van der Waals surface area contributed by atoms with Crippen LogP contribution >= 0.6 is 27.7 Å². The van der Waals surface area contributed by atoms with Gasteiger partial charge in [-0.05, 0) is 51.7 Å². The molecule has 2 heterocycles. The minimum Gasteiger partial charge on any atom is -0.310 e. The van der Waals surface area contributed by atoms with Gasteiger partial charge in [0.05, 0.1) is 10.0 Å². The van der Waals surface area contributed by atoms with E-state index in [0.717, 1.165) is 11.1 Å². The molecule has 5 nitrogen and oxygen atoms in total. The summed E-state index contributed by atoms with van der Waals surface area (Å²) in [6.45, 7) is 2.03. The number of carbonyl (C=O) groups is 1. The molecule has 8 heteroatoms. The number of anilines is 1. The van der Waals surface area contributed by atoms with E-state index >= 15 is 0 Å². The Kier molecular flexibility index (Phi) is 5.56. The van der Waals surface area contributed by atoms with Gasteiger partial charge in [-0.3, -0.25) is 9.59 Å². The number of H-pyrrole nitrogens is 1. The van der Waals surface area contributed by atoms with E-state index in [9.17, 15) is 14.0 Å². The van der Waals surface area contributed by atoms with Crippen LogP contribution in [0.5, 0.6) is 0 Å². The van der Waals surface area contributed by atoms with E-state index in [2.05, 4.69) is 31.2 Å². The maximum atomic E-state index is 13.6. The maximum Gasteiger partial charge on any atom is 0.257 e. The highest BCUT2D eigenvalue weighted by Crippen LogP contribution is 2.36. The number of hydrogen-bond donors (Lipinski definition) is 2. The van der Waals surface area contributed by atoms with Crippen molar-refractivity contribution in [1.82, 2.24) is 9.97 Å². The lowest BCUT2D eigenvalue weighted by Gasteiger charge is -2.24. The molecule has 2 aromatic carbocycles. The number of aromatic nitrogens is 2. The first-order valence-corrected chi connectivity index (χ1v) is 10.8. The van der Waals surface area contributed by atoms with Gasteiger partial charge in [-0.2, -0.15) is 0 Å². The van der Waals surface area contributed by atoms with Crippen LogP contribution in [0.3, 0.4) is 0 Å². The molecule has 1 aromatic heterocycles. The Balaban J connectivity index is 1.67. The molecule has 29 heavy (non-hydrogen) atoms. The molecule has 1 amide bonds. The molecule has 0 saturated heterocycles. The lowest BCUT2D eigenvalue weighted by Crippen LogP contribution is -2.31. The van der Waals surface area contributed by atoms with Gasteiger partial charge in [0.15, 0.2) is 5.16 Å². The highest BCUT2D eigenvalue weighted by atomic mass is 79.9. The van der Waals surface area contributed by atoms with Gasteiger partial charge in [0.1, 0.15) is 11.6 Å². The predicted molar refractivity (Wildman–Crippen MR) is 115 cm³/mol. The molecule has 0 fully saturated rings. The second kappa shape index (κ2) is 8.12. The lowest BCUT2D eigenvalue weighted by molar-refractivity contribution is -0.116. The average molecular weight is 474 g/mol. The Morgan fingerprint density at radius 3 is 2.79 bits per heavy atom. The number of aromatic amines is 1. The van der Waals surface area contributed by atoms with Crippen molar-refractivity contribution in [2.24, 2.45) is 0 Å². The zero-order chi connectivity index (χ0) is 20.5. The number of rotatable bonds is 4. The van der Waals surface area contributed by atoms with E-state index in [1.165, 1.54) is 17.8 Å². The molecular formula is C21H17BrFN3O2S. The Morgan fingerprint density at radius 1 is 1.24 bits per heavy atom. The minimum atomic E-state index is -0.484. The van der Waals surface area contributed by atoms with Gasteiger partial charge in [-0.15, -0.1) is 0 Å². The molecule has 4 rings (SSSR count). The number of halogens is 2. The number of benzene rings is 2. The van der Waals surface area contributed by atoms with Crippen molar-refractivity contribution in [3.05, 3.63) is 85.4 Å². The number of hydrogen-bond acceptors (Lipinski definition) is 4. The third-order valence-electron chi connectivity index (χ3n) is 4.90. The van der Waals surface area contributed by atoms with E-state index in [1.54, 1.807) is 12.1 Å². The van der Waals surface area contributed by atoms with E-state index in [0.29, 0.717) is 22.0 Å². The highest BCUT2D eigenvalue weighted by Gasteiger charge is 2.31. The van der Waals surface area contributed by atoms with Gasteiger partial charge in [0.25, 0.3) is 5.56 Å². The number of thioether (sulfide) groups is 1. The topological polar surface area (TPSA) is 74.8 Å². The molecule has 0 spiro atoms. The molecule has 3 aromatic rings. The first-order chi connectivity index (χ1) is 13.9. The Morgan fingerprint density at radius 2 is 2.03 bits per heavy atom. The largest absolute Gasteiger partial charge is 0.310 e. The molecule has 0 bridgehead atoms. The van der Waals surface area contributed by atoms with Crippen LogP contribution in [-0.2, 0) is 10.5 Å². The van der Waals surface area contributed by atoms with Crippen molar-refractivity contribution in [3.8, 4) is 0 Å². The molecule has 2 N–H and O–H groups in total. The van der Waals surface area contributed by atoms with Crippen molar-refractivity contribution in [2.45, 2.75) is 30.2 Å². The van der Waals surface area contributed by atoms with Gasteiger partial charge in [-0.1, -0.05) is 42.1 Å². The van der Waals surface area contributed by atoms with Gasteiger partial charge in [0.2, 0.25) is 5.91 Å². The fraction of sp³-hybridized carbons (Fsp3) is 0.190. The van der Waals surface area contributed by atoms with Gasteiger partial charge in [0, 0.05) is 18.1 Å². The number of amides is 1. The van der Waals surface area contributed by atoms with Crippen molar-refractivity contribution in [3.63, 3.8) is 0 Å². The summed E-state index contributed by atoms with van der Waals surface area (Å²) in [6, 6.07) is 12.5. The Bertz CT molecular complexity index is 1160. The summed E-state index contributed by atoms with van der Waals surface area (Å²) in [5, 5.41) is 3.15. The zero-order valence-corrected chi connectivity index (χ0v) is 17.9. The molecule has 1 aliphatic rings. The fourth-order valence-electron chi connectivity index (χ4n) is 3.35. The van der Waals surface area contributed by atoms with E-state index in [-0.39, 0.29) is 28.2 Å². The van der Waals surface area contributed by atoms with E-state index in [1.807, 2.05) is 31.2 Å². The minimum absolute atomic E-state index is 0.103. The van der Waals surface area contributed by atoms with Crippen LogP contribution < -0.4 is 10.9 Å². The van der Waals surface area contributed by atoms with E-state index < -0.39 is 11.7 Å². The van der Waals surface area contributed by atoms with E-state index in [4.69, 9.17) is 0 Å². The summed E-state index contributed by atoms with van der Waals surface area (Å²) >= 11 is 4.57. The number of fused-ring (bicyclic) bond motifs is 1. The Labute approximate surface area is 179 Å². The molecule has 0 saturated carbocycles. The van der Waals surface area contributed by atoms with Crippen molar-refractivity contribution >= 4 is 39.4 Å². The number of carbonyl (C=O) groups excluding carboxylic acids is 1. The number of nitrogens with one attached hydrogen (secondary N) is 2. The Hall–Kier alpha value is -2.45. The second-order valence-corrected chi connectivity index (χ2v) is 8.65. The predicted octanol–water partition coefficient (Wildman–Crippen LogP) is 4.75. The van der Waals surface area contributed by atoms with Crippen LogP contribution in [0.15, 0.2) is 56.9 Å². The molecule has 1 atom stereocenters. The molecular weight excluding hydrogens is 457 g/mol. The fourth-order valence-corrected chi connectivity index (χ4v) is 4.68. The average Bonchev–Trinajstić information content (AvgIpc) is 2.68.